The second kappa shape index (κ2) is 34.9. The molecule has 0 radical (unpaired) electrons. The Hall–Kier alpha value is -2.61. The maximum Gasteiger partial charge on any atom is 0.0808 e. The average Bonchev–Trinajstić information content (AvgIpc) is 2.84. The van der Waals surface area contributed by atoms with Gasteiger partial charge >= 0.3 is 0 Å². The minimum Gasteiger partial charge on any atom is -0.550 e. The van der Waals surface area contributed by atoms with Crippen LogP contribution in [0.5, 0.6) is 0 Å². The van der Waals surface area contributed by atoms with Crippen LogP contribution in [0, 0.1) is 11.3 Å². The molecule has 3 unspecified atom stereocenters. The first-order valence-corrected chi connectivity index (χ1v) is 12.3. The van der Waals surface area contributed by atoms with E-state index in [-0.39, 0.29) is 65.3 Å². The SMILES string of the molecule is C.C.C.C.C.C.C.C.CCC(C)(C(=O)[O-])c1ccccc1.CCC(C)(C)C(=O)[O-].CCC(C)(Cl)C(=O)[O-].CCC(C)C(=O)[O-]. The van der Waals surface area contributed by atoms with E-state index in [1.54, 1.807) is 34.6 Å². The third-order valence-corrected chi connectivity index (χ3v) is 6.53. The third kappa shape index (κ3) is 29.5. The van der Waals surface area contributed by atoms with E-state index in [4.69, 9.17) is 11.6 Å². The number of benzene rings is 1. The van der Waals surface area contributed by atoms with Gasteiger partial charge in [-0.25, -0.2) is 0 Å². The number of aliphatic carboxylic acids is 4. The number of carbonyl (C=O) groups excluding carboxylic acids is 4. The summed E-state index contributed by atoms with van der Waals surface area (Å²) in [5.41, 5.74) is -0.709. The van der Waals surface area contributed by atoms with Gasteiger partial charge < -0.3 is 39.6 Å². The fraction of sp³-hybridized carbons (Fsp3) is 0.714. The van der Waals surface area contributed by atoms with Gasteiger partial charge in [-0.1, -0.05) is 145 Å². The first kappa shape index (κ1) is 73.1. The summed E-state index contributed by atoms with van der Waals surface area (Å²) in [5.74, 6) is -4.44. The molecule has 1 aromatic carbocycles. The molecular weight excluding hydrogens is 584 g/mol. The van der Waals surface area contributed by atoms with Crippen LogP contribution in [-0.4, -0.2) is 28.8 Å². The lowest BCUT2D eigenvalue weighted by Crippen LogP contribution is -2.43. The lowest BCUT2D eigenvalue weighted by molar-refractivity contribution is -0.318. The van der Waals surface area contributed by atoms with E-state index in [2.05, 4.69) is 0 Å². The number of rotatable bonds is 9. The molecule has 0 bridgehead atoms. The number of carboxylic acid groups (broad SMARTS) is 4. The lowest BCUT2D eigenvalue weighted by atomic mass is 9.80. The van der Waals surface area contributed by atoms with Crippen LogP contribution >= 0.6 is 11.6 Å². The Morgan fingerprint density at radius 3 is 1.11 bits per heavy atom. The summed E-state index contributed by atoms with van der Waals surface area (Å²) in [5, 5.41) is 40.9. The Balaban J connectivity index is -0.0000000356. The fourth-order valence-corrected chi connectivity index (χ4v) is 1.73. The van der Waals surface area contributed by atoms with Crippen molar-refractivity contribution >= 4 is 35.5 Å². The maximum atomic E-state index is 10.9. The van der Waals surface area contributed by atoms with Crippen molar-refractivity contribution in [3.05, 3.63) is 35.9 Å². The van der Waals surface area contributed by atoms with Crippen molar-refractivity contribution in [1.29, 1.82) is 0 Å². The molecule has 1 aromatic rings. The van der Waals surface area contributed by atoms with Crippen molar-refractivity contribution in [3.8, 4) is 0 Å². The monoisotopic (exact) mass is 657 g/mol. The smallest absolute Gasteiger partial charge is 0.0808 e. The van der Waals surface area contributed by atoms with Gasteiger partial charge in [-0.15, -0.1) is 11.6 Å². The highest BCUT2D eigenvalue weighted by atomic mass is 35.5. The summed E-state index contributed by atoms with van der Waals surface area (Å²) in [6.07, 6.45) is 2.20. The zero-order chi connectivity index (χ0) is 29.3. The van der Waals surface area contributed by atoms with E-state index in [0.717, 1.165) is 5.56 Å². The van der Waals surface area contributed by atoms with Gasteiger partial charge in [-0.2, -0.15) is 0 Å². The fourth-order valence-electron chi connectivity index (χ4n) is 1.73. The Bertz CT molecular complexity index is 782. The molecule has 0 aromatic heterocycles. The number of alkyl halides is 1. The van der Waals surface area contributed by atoms with E-state index in [9.17, 15) is 39.6 Å². The van der Waals surface area contributed by atoms with Crippen LogP contribution in [0.2, 0.25) is 0 Å². The molecule has 0 aliphatic carbocycles. The molecule has 0 spiro atoms. The van der Waals surface area contributed by atoms with Crippen LogP contribution in [-0.2, 0) is 24.6 Å². The van der Waals surface area contributed by atoms with Crippen molar-refractivity contribution in [2.24, 2.45) is 11.3 Å². The molecule has 8 nitrogen and oxygen atoms in total. The Labute approximate surface area is 279 Å². The molecule has 0 N–H and O–H groups in total. The number of hydrogen-bond donors (Lipinski definition) is 0. The number of carboxylic acids is 4. The van der Waals surface area contributed by atoms with Crippen LogP contribution in [0.4, 0.5) is 0 Å². The topological polar surface area (TPSA) is 161 Å². The average molecular weight is 657 g/mol. The normalized spacial score (nSPS) is 11.8. The molecule has 272 valence electrons. The van der Waals surface area contributed by atoms with Gasteiger partial charge in [-0.3, -0.25) is 0 Å². The van der Waals surface area contributed by atoms with E-state index < -0.39 is 39.6 Å². The molecule has 1 rings (SSSR count). The van der Waals surface area contributed by atoms with E-state index in [0.29, 0.717) is 25.7 Å². The molecular formula is C35H73ClO8-4. The van der Waals surface area contributed by atoms with Crippen molar-refractivity contribution in [2.45, 2.75) is 158 Å². The molecule has 3 atom stereocenters. The van der Waals surface area contributed by atoms with Crippen LogP contribution in [0.15, 0.2) is 30.3 Å². The largest absolute Gasteiger partial charge is 0.550 e. The zero-order valence-corrected chi connectivity index (χ0v) is 23.7. The predicted octanol–water partition coefficient (Wildman–Crippen LogP) is 6.29. The van der Waals surface area contributed by atoms with Crippen molar-refractivity contribution < 1.29 is 39.6 Å². The molecule has 0 fully saturated rings. The zero-order valence-electron chi connectivity index (χ0n) is 22.9. The standard InChI is InChI=1S/C11H14O2.C6H12O2.C5H9ClO2.C5H10O2.8CH4/c1-3-11(2,10(12)13)9-7-5-4-6-8-9;1-4-6(2,3)5(7)8;1-3-5(2,6)4(7)8;1-3-4(2)5(6)7;;;;;;;;/h4-8H,3H2,1-2H3,(H,12,13);4H2,1-3H3,(H,7,8);3H2,1-2H3,(H,7,8);4H,3H2,1-2H3,(H,6,7);8*1H4/p-4. The van der Waals surface area contributed by atoms with Crippen molar-refractivity contribution in [2.75, 3.05) is 0 Å². The molecule has 44 heavy (non-hydrogen) atoms. The van der Waals surface area contributed by atoms with Crippen molar-refractivity contribution in [3.63, 3.8) is 0 Å². The summed E-state index contributed by atoms with van der Waals surface area (Å²) in [6, 6.07) is 9.19. The van der Waals surface area contributed by atoms with Crippen LogP contribution in [0.3, 0.4) is 0 Å². The summed E-state index contributed by atoms with van der Waals surface area (Å²) in [4.78, 5) is 39.7. The van der Waals surface area contributed by atoms with Gasteiger partial charge in [-0.05, 0) is 44.1 Å². The van der Waals surface area contributed by atoms with E-state index in [1.807, 2.05) is 51.1 Å². The highest BCUT2D eigenvalue weighted by Gasteiger charge is 2.25. The Morgan fingerprint density at radius 1 is 0.636 bits per heavy atom. The van der Waals surface area contributed by atoms with Crippen LogP contribution in [0.25, 0.3) is 0 Å². The summed E-state index contributed by atoms with van der Waals surface area (Å²) in [6.45, 7) is 15.3. The summed E-state index contributed by atoms with van der Waals surface area (Å²) >= 11 is 5.39. The van der Waals surface area contributed by atoms with E-state index in [1.165, 1.54) is 6.92 Å². The Kier molecular flexibility index (Phi) is 57.9. The second-order valence-electron chi connectivity index (χ2n) is 9.33. The molecule has 0 aliphatic heterocycles. The van der Waals surface area contributed by atoms with Gasteiger partial charge in [0.2, 0.25) is 0 Å². The highest BCUT2D eigenvalue weighted by molar-refractivity contribution is 6.33. The van der Waals surface area contributed by atoms with Crippen LogP contribution < -0.4 is 20.4 Å². The van der Waals surface area contributed by atoms with Gasteiger partial charge in [0.25, 0.3) is 0 Å². The first-order valence-electron chi connectivity index (χ1n) is 11.9. The molecule has 0 aliphatic rings. The third-order valence-electron chi connectivity index (χ3n) is 6.11. The van der Waals surface area contributed by atoms with E-state index >= 15 is 0 Å². The molecule has 0 heterocycles. The number of hydrogen-bond acceptors (Lipinski definition) is 8. The van der Waals surface area contributed by atoms with Gasteiger partial charge in [0, 0.05) is 22.8 Å². The number of carbonyl (C=O) groups is 4. The predicted molar refractivity (Wildman–Crippen MR) is 186 cm³/mol. The van der Waals surface area contributed by atoms with Gasteiger partial charge in [0.1, 0.15) is 0 Å². The molecule has 0 saturated heterocycles. The highest BCUT2D eigenvalue weighted by Crippen LogP contribution is 2.26. The minimum atomic E-state index is -1.21. The maximum absolute atomic E-state index is 10.9. The molecule has 0 amide bonds. The van der Waals surface area contributed by atoms with Gasteiger partial charge in [0.15, 0.2) is 0 Å². The summed E-state index contributed by atoms with van der Waals surface area (Å²) in [7, 11) is 0. The summed E-state index contributed by atoms with van der Waals surface area (Å²) < 4.78 is 0. The Morgan fingerprint density at radius 2 is 1.00 bits per heavy atom. The first-order chi connectivity index (χ1) is 16.3. The molecule has 9 heteroatoms. The quantitative estimate of drug-likeness (QED) is 0.280. The number of halogens is 1. The van der Waals surface area contributed by atoms with Crippen molar-refractivity contribution in [1.82, 2.24) is 0 Å². The van der Waals surface area contributed by atoms with Gasteiger partial charge in [0.05, 0.1) is 16.8 Å². The minimum absolute atomic E-state index is 0. The second-order valence-corrected chi connectivity index (χ2v) is 10.2. The van der Waals surface area contributed by atoms with Crippen LogP contribution in [0.1, 0.15) is 153 Å². The molecule has 0 saturated carbocycles. The lowest BCUT2D eigenvalue weighted by Gasteiger charge is -2.29.